The van der Waals surface area contributed by atoms with Crippen molar-refractivity contribution < 1.29 is 13.2 Å². The summed E-state index contributed by atoms with van der Waals surface area (Å²) in [6.07, 6.45) is 0.477. The molecule has 1 saturated heterocycles. The fraction of sp³-hybridized carbons (Fsp3) is 1.00. The van der Waals surface area contributed by atoms with Crippen LogP contribution in [0.5, 0.6) is 0 Å². The van der Waals surface area contributed by atoms with Gasteiger partial charge in [-0.25, -0.2) is 0 Å². The van der Waals surface area contributed by atoms with Crippen molar-refractivity contribution in [3.05, 3.63) is 0 Å². The van der Waals surface area contributed by atoms with E-state index in [1.807, 2.05) is 0 Å². The molecule has 19 heavy (non-hydrogen) atoms. The highest BCUT2D eigenvalue weighted by Crippen LogP contribution is 2.31. The number of nitrogens with one attached hydrogen (secondary N) is 1. The van der Waals surface area contributed by atoms with E-state index in [0.29, 0.717) is 17.9 Å². The van der Waals surface area contributed by atoms with Gasteiger partial charge < -0.3 is 5.32 Å². The second-order valence-electron chi connectivity index (χ2n) is 6.47. The molecule has 2 atom stereocenters. The number of piperidine rings is 1. The molecule has 0 amide bonds. The average Bonchev–Trinajstić information content (AvgIpc) is 2.22. The average molecular weight is 278 g/mol. The Labute approximate surface area is 113 Å². The van der Waals surface area contributed by atoms with Crippen LogP contribution < -0.4 is 5.32 Å². The first-order valence-electron chi connectivity index (χ1n) is 7.39. The van der Waals surface area contributed by atoms with Gasteiger partial charge in [0.25, 0.3) is 0 Å². The molecule has 2 fully saturated rings. The molecule has 2 nitrogen and oxygen atoms in total. The van der Waals surface area contributed by atoms with Gasteiger partial charge in [0.05, 0.1) is 6.54 Å². The Bertz CT molecular complexity index is 287. The third kappa shape index (κ3) is 4.35. The number of nitrogens with zero attached hydrogens (tertiary/aromatic N) is 1. The van der Waals surface area contributed by atoms with E-state index in [1.54, 1.807) is 0 Å². The minimum atomic E-state index is -4.11. The number of hydrogen-bond acceptors (Lipinski definition) is 2. The largest absolute Gasteiger partial charge is 0.401 e. The van der Waals surface area contributed by atoms with E-state index >= 15 is 0 Å². The number of likely N-dealkylation sites (tertiary alicyclic amines) is 1. The van der Waals surface area contributed by atoms with Crippen molar-refractivity contribution in [1.82, 2.24) is 10.2 Å². The lowest BCUT2D eigenvalue weighted by molar-refractivity contribution is -0.127. The maximum Gasteiger partial charge on any atom is 0.401 e. The molecular weight excluding hydrogens is 253 g/mol. The lowest BCUT2D eigenvalue weighted by Crippen LogP contribution is -2.56. The highest BCUT2D eigenvalue weighted by Gasteiger charge is 2.36. The Hall–Kier alpha value is -0.290. The summed E-state index contributed by atoms with van der Waals surface area (Å²) in [4.78, 5) is 2.42. The zero-order valence-electron chi connectivity index (χ0n) is 11.8. The molecule has 2 unspecified atom stereocenters. The van der Waals surface area contributed by atoms with Crippen molar-refractivity contribution >= 4 is 0 Å². The van der Waals surface area contributed by atoms with Gasteiger partial charge in [0.1, 0.15) is 0 Å². The van der Waals surface area contributed by atoms with E-state index in [-0.39, 0.29) is 6.04 Å². The van der Waals surface area contributed by atoms with Crippen LogP contribution in [0.4, 0.5) is 13.2 Å². The van der Waals surface area contributed by atoms with E-state index in [0.717, 1.165) is 19.5 Å². The number of alkyl halides is 3. The van der Waals surface area contributed by atoms with Crippen LogP contribution in [0.2, 0.25) is 0 Å². The third-order valence-corrected chi connectivity index (χ3v) is 4.64. The molecule has 1 N–H and O–H groups in total. The van der Waals surface area contributed by atoms with Crippen LogP contribution in [0.25, 0.3) is 0 Å². The SMILES string of the molecule is CC(C)C1CC(NCC(F)(F)F)CN(C2CCC2)C1. The molecule has 1 aliphatic carbocycles. The fourth-order valence-corrected chi connectivity index (χ4v) is 3.11. The maximum absolute atomic E-state index is 12.3. The number of rotatable bonds is 4. The van der Waals surface area contributed by atoms with Crippen molar-refractivity contribution in [2.24, 2.45) is 11.8 Å². The minimum absolute atomic E-state index is 0.0108. The van der Waals surface area contributed by atoms with Crippen LogP contribution in [-0.2, 0) is 0 Å². The Morgan fingerprint density at radius 2 is 1.89 bits per heavy atom. The summed E-state index contributed by atoms with van der Waals surface area (Å²) in [7, 11) is 0. The van der Waals surface area contributed by atoms with E-state index < -0.39 is 12.7 Å². The topological polar surface area (TPSA) is 15.3 Å². The van der Waals surface area contributed by atoms with Crippen LogP contribution in [0.3, 0.4) is 0 Å². The summed E-state index contributed by atoms with van der Waals surface area (Å²) >= 11 is 0. The van der Waals surface area contributed by atoms with Gasteiger partial charge in [0.15, 0.2) is 0 Å². The molecule has 1 heterocycles. The molecule has 1 aliphatic heterocycles. The van der Waals surface area contributed by atoms with Gasteiger partial charge in [-0.15, -0.1) is 0 Å². The predicted molar refractivity (Wildman–Crippen MR) is 70.0 cm³/mol. The standard InChI is InChI=1S/C14H25F3N2/c1-10(2)11-6-12(18-9-14(15,16)17)8-19(7-11)13-4-3-5-13/h10-13,18H,3-9H2,1-2H3. The molecule has 1 saturated carbocycles. The zero-order valence-corrected chi connectivity index (χ0v) is 11.8. The summed E-state index contributed by atoms with van der Waals surface area (Å²) in [6, 6.07) is 0.611. The van der Waals surface area contributed by atoms with Gasteiger partial charge >= 0.3 is 6.18 Å². The Kier molecular flexibility index (Phi) is 4.77. The monoisotopic (exact) mass is 278 g/mol. The fourth-order valence-electron chi connectivity index (χ4n) is 3.11. The van der Waals surface area contributed by atoms with E-state index in [9.17, 15) is 13.2 Å². The van der Waals surface area contributed by atoms with Crippen molar-refractivity contribution in [1.29, 1.82) is 0 Å². The Balaban J connectivity index is 1.90. The molecule has 0 radical (unpaired) electrons. The van der Waals surface area contributed by atoms with Crippen molar-refractivity contribution in [2.75, 3.05) is 19.6 Å². The van der Waals surface area contributed by atoms with Crippen LogP contribution in [0, 0.1) is 11.8 Å². The first kappa shape index (κ1) is 15.1. The van der Waals surface area contributed by atoms with Crippen LogP contribution in [-0.4, -0.2) is 42.8 Å². The molecule has 5 heteroatoms. The lowest BCUT2D eigenvalue weighted by atomic mass is 9.82. The second-order valence-corrected chi connectivity index (χ2v) is 6.47. The van der Waals surface area contributed by atoms with Crippen molar-refractivity contribution in [3.8, 4) is 0 Å². The number of halogens is 3. The van der Waals surface area contributed by atoms with Gasteiger partial charge in [-0.1, -0.05) is 20.3 Å². The molecule has 0 bridgehead atoms. The van der Waals surface area contributed by atoms with Crippen LogP contribution in [0.15, 0.2) is 0 Å². The van der Waals surface area contributed by atoms with Gasteiger partial charge in [-0.2, -0.15) is 13.2 Å². The van der Waals surface area contributed by atoms with Gasteiger partial charge in [-0.05, 0) is 31.1 Å². The highest BCUT2D eigenvalue weighted by atomic mass is 19.4. The summed E-state index contributed by atoms with van der Waals surface area (Å²) in [5.74, 6) is 1.05. The van der Waals surface area contributed by atoms with E-state index in [4.69, 9.17) is 0 Å². The molecular formula is C14H25F3N2. The minimum Gasteiger partial charge on any atom is -0.305 e. The molecule has 0 aromatic rings. The molecule has 0 aromatic carbocycles. The third-order valence-electron chi connectivity index (χ3n) is 4.64. The van der Waals surface area contributed by atoms with Gasteiger partial charge in [-0.3, -0.25) is 4.90 Å². The first-order chi connectivity index (χ1) is 8.85. The first-order valence-corrected chi connectivity index (χ1v) is 7.39. The molecule has 112 valence electrons. The predicted octanol–water partition coefficient (Wildman–Crippen LogP) is 3.04. The van der Waals surface area contributed by atoms with E-state index in [1.165, 1.54) is 19.3 Å². The van der Waals surface area contributed by atoms with Crippen molar-refractivity contribution in [2.45, 2.75) is 57.8 Å². The molecule has 0 spiro atoms. The maximum atomic E-state index is 12.3. The van der Waals surface area contributed by atoms with Crippen molar-refractivity contribution in [3.63, 3.8) is 0 Å². The molecule has 0 aromatic heterocycles. The Morgan fingerprint density at radius 3 is 2.37 bits per heavy atom. The highest BCUT2D eigenvalue weighted by molar-refractivity contribution is 4.90. The molecule has 2 rings (SSSR count). The van der Waals surface area contributed by atoms with E-state index in [2.05, 4.69) is 24.1 Å². The quantitative estimate of drug-likeness (QED) is 0.850. The van der Waals surface area contributed by atoms with Crippen LogP contribution in [0.1, 0.15) is 39.5 Å². The molecule has 2 aliphatic rings. The lowest BCUT2D eigenvalue weighted by Gasteiger charge is -2.46. The second kappa shape index (κ2) is 6.00. The van der Waals surface area contributed by atoms with Gasteiger partial charge in [0.2, 0.25) is 0 Å². The summed E-state index contributed by atoms with van der Waals surface area (Å²) in [6.45, 7) is 5.34. The summed E-state index contributed by atoms with van der Waals surface area (Å²) < 4.78 is 37.0. The van der Waals surface area contributed by atoms with Gasteiger partial charge in [0, 0.05) is 25.2 Å². The smallest absolute Gasteiger partial charge is 0.305 e. The summed E-state index contributed by atoms with van der Waals surface area (Å²) in [5.41, 5.74) is 0. The van der Waals surface area contributed by atoms with Crippen LogP contribution >= 0.6 is 0 Å². The normalized spacial score (nSPS) is 30.6. The Morgan fingerprint density at radius 1 is 1.21 bits per heavy atom. The number of hydrogen-bond donors (Lipinski definition) is 1. The zero-order chi connectivity index (χ0) is 14.0. The summed E-state index contributed by atoms with van der Waals surface area (Å²) in [5, 5.41) is 2.71.